The van der Waals surface area contributed by atoms with Gasteiger partial charge in [0.2, 0.25) is 5.91 Å². The lowest BCUT2D eigenvalue weighted by molar-refractivity contribution is -0.121. The molecule has 0 saturated carbocycles. The quantitative estimate of drug-likeness (QED) is 0.705. The zero-order valence-electron chi connectivity index (χ0n) is 18.1. The molecular formula is C23H35N5O. The Hall–Kier alpha value is -2.21. The van der Waals surface area contributed by atoms with Gasteiger partial charge in [-0.25, -0.2) is 0 Å². The average molecular weight is 398 g/mol. The fourth-order valence-corrected chi connectivity index (χ4v) is 4.08. The molecule has 0 aliphatic carbocycles. The highest BCUT2D eigenvalue weighted by Crippen LogP contribution is 2.18. The summed E-state index contributed by atoms with van der Waals surface area (Å²) in [5.74, 6) is 2.73. The second-order valence-electron chi connectivity index (χ2n) is 8.13. The standard InChI is InChI=1S/C23H35N5O/c1-4-19(5-2)17-27-14-13-21-25-26-23(28(21)16-15-27)18(3)24-22(29)12-11-20-9-7-6-8-10-20/h6-10,18-19H,4-5,11-17H2,1-3H3,(H,24,29)/t18-/m0/s1. The molecule has 0 unspecified atom stereocenters. The third kappa shape index (κ3) is 5.89. The summed E-state index contributed by atoms with van der Waals surface area (Å²) in [6.07, 6.45) is 4.62. The molecule has 1 amide bonds. The molecule has 0 spiro atoms. The number of aryl methyl sites for hydroxylation is 1. The van der Waals surface area contributed by atoms with Crippen LogP contribution < -0.4 is 5.32 Å². The van der Waals surface area contributed by atoms with Gasteiger partial charge >= 0.3 is 0 Å². The lowest BCUT2D eigenvalue weighted by atomic mass is 10.0. The highest BCUT2D eigenvalue weighted by Gasteiger charge is 2.23. The van der Waals surface area contributed by atoms with E-state index in [-0.39, 0.29) is 11.9 Å². The van der Waals surface area contributed by atoms with Crippen LogP contribution in [0, 0.1) is 5.92 Å². The molecule has 0 fully saturated rings. The molecule has 1 aromatic heterocycles. The predicted octanol–water partition coefficient (Wildman–Crippen LogP) is 3.38. The van der Waals surface area contributed by atoms with Crippen molar-refractivity contribution < 1.29 is 4.79 Å². The summed E-state index contributed by atoms with van der Waals surface area (Å²) >= 11 is 0. The fraction of sp³-hybridized carbons (Fsp3) is 0.609. The molecule has 1 aliphatic rings. The Kier molecular flexibility index (Phi) is 7.81. The number of hydrogen-bond donors (Lipinski definition) is 1. The van der Waals surface area contributed by atoms with E-state index in [0.717, 1.165) is 56.6 Å². The maximum atomic E-state index is 12.4. The maximum Gasteiger partial charge on any atom is 0.220 e. The van der Waals surface area contributed by atoms with Crippen LogP contribution in [0.25, 0.3) is 0 Å². The van der Waals surface area contributed by atoms with E-state index in [0.29, 0.717) is 6.42 Å². The van der Waals surface area contributed by atoms with Gasteiger partial charge in [0.15, 0.2) is 5.82 Å². The Morgan fingerprint density at radius 3 is 2.59 bits per heavy atom. The van der Waals surface area contributed by atoms with Gasteiger partial charge in [-0.3, -0.25) is 4.79 Å². The van der Waals surface area contributed by atoms with Gasteiger partial charge in [0.1, 0.15) is 5.82 Å². The predicted molar refractivity (Wildman–Crippen MR) is 116 cm³/mol. The molecule has 0 saturated heterocycles. The van der Waals surface area contributed by atoms with Crippen molar-refractivity contribution in [1.29, 1.82) is 0 Å². The van der Waals surface area contributed by atoms with E-state index in [1.165, 1.54) is 18.4 Å². The van der Waals surface area contributed by atoms with Crippen molar-refractivity contribution >= 4 is 5.91 Å². The molecule has 1 atom stereocenters. The van der Waals surface area contributed by atoms with E-state index < -0.39 is 0 Å². The summed E-state index contributed by atoms with van der Waals surface area (Å²) in [6, 6.07) is 9.99. The number of nitrogens with zero attached hydrogens (tertiary/aromatic N) is 4. The third-order valence-electron chi connectivity index (χ3n) is 6.07. The summed E-state index contributed by atoms with van der Waals surface area (Å²) < 4.78 is 2.22. The van der Waals surface area contributed by atoms with E-state index in [1.807, 2.05) is 25.1 Å². The Labute approximate surface area is 174 Å². The first kappa shape index (κ1) is 21.5. The smallest absolute Gasteiger partial charge is 0.220 e. The number of rotatable bonds is 9. The van der Waals surface area contributed by atoms with Crippen molar-refractivity contribution in [3.63, 3.8) is 0 Å². The highest BCUT2D eigenvalue weighted by molar-refractivity contribution is 5.76. The van der Waals surface area contributed by atoms with E-state index >= 15 is 0 Å². The van der Waals surface area contributed by atoms with Gasteiger partial charge in [0.25, 0.3) is 0 Å². The van der Waals surface area contributed by atoms with Crippen molar-refractivity contribution in [1.82, 2.24) is 25.0 Å². The minimum Gasteiger partial charge on any atom is -0.346 e. The van der Waals surface area contributed by atoms with Crippen molar-refractivity contribution in [2.45, 2.75) is 65.5 Å². The first-order chi connectivity index (χ1) is 14.1. The first-order valence-electron chi connectivity index (χ1n) is 11.1. The number of benzene rings is 1. The molecule has 0 bridgehead atoms. The molecule has 3 rings (SSSR count). The zero-order valence-corrected chi connectivity index (χ0v) is 18.1. The molecule has 1 aromatic carbocycles. The molecule has 1 N–H and O–H groups in total. The first-order valence-corrected chi connectivity index (χ1v) is 11.1. The van der Waals surface area contributed by atoms with E-state index in [2.05, 4.69) is 51.0 Å². The van der Waals surface area contributed by atoms with Crippen molar-refractivity contribution in [3.05, 3.63) is 47.5 Å². The maximum absolute atomic E-state index is 12.4. The second kappa shape index (κ2) is 10.5. The molecular weight excluding hydrogens is 362 g/mol. The number of carbonyl (C=O) groups is 1. The van der Waals surface area contributed by atoms with E-state index in [4.69, 9.17) is 0 Å². The summed E-state index contributed by atoms with van der Waals surface area (Å²) in [5, 5.41) is 11.9. The van der Waals surface area contributed by atoms with Crippen LogP contribution in [0.3, 0.4) is 0 Å². The lowest BCUT2D eigenvalue weighted by Crippen LogP contribution is -2.33. The number of nitrogens with one attached hydrogen (secondary N) is 1. The Balaban J connectivity index is 1.55. The Morgan fingerprint density at radius 1 is 1.10 bits per heavy atom. The largest absolute Gasteiger partial charge is 0.346 e. The molecule has 0 radical (unpaired) electrons. The van der Waals surface area contributed by atoms with E-state index in [9.17, 15) is 4.79 Å². The SMILES string of the molecule is CCC(CC)CN1CCc2nnc([C@H](C)NC(=O)CCc3ccccc3)n2CC1. The van der Waals surface area contributed by atoms with Gasteiger partial charge in [-0.2, -0.15) is 0 Å². The molecule has 2 aromatic rings. The minimum atomic E-state index is -0.134. The molecule has 2 heterocycles. The van der Waals surface area contributed by atoms with Crippen LogP contribution in [0.1, 0.15) is 63.3 Å². The lowest BCUT2D eigenvalue weighted by Gasteiger charge is -2.24. The van der Waals surface area contributed by atoms with Gasteiger partial charge in [-0.15, -0.1) is 10.2 Å². The van der Waals surface area contributed by atoms with Crippen molar-refractivity contribution in [2.75, 3.05) is 19.6 Å². The third-order valence-corrected chi connectivity index (χ3v) is 6.07. The van der Waals surface area contributed by atoms with Crippen LogP contribution in [0.4, 0.5) is 0 Å². The van der Waals surface area contributed by atoms with Crippen LogP contribution >= 0.6 is 0 Å². The van der Waals surface area contributed by atoms with Crippen LogP contribution in [0.15, 0.2) is 30.3 Å². The van der Waals surface area contributed by atoms with E-state index in [1.54, 1.807) is 0 Å². The van der Waals surface area contributed by atoms with Crippen LogP contribution in [0.5, 0.6) is 0 Å². The normalized spacial score (nSPS) is 15.7. The average Bonchev–Trinajstić information content (AvgIpc) is 3.05. The summed E-state index contributed by atoms with van der Waals surface area (Å²) in [4.78, 5) is 15.0. The Bertz CT molecular complexity index is 769. The highest BCUT2D eigenvalue weighted by atomic mass is 16.1. The van der Waals surface area contributed by atoms with Crippen LogP contribution in [-0.2, 0) is 24.2 Å². The topological polar surface area (TPSA) is 63.1 Å². The summed E-state index contributed by atoms with van der Waals surface area (Å²) in [5.41, 5.74) is 1.18. The number of aromatic nitrogens is 3. The molecule has 6 nitrogen and oxygen atoms in total. The van der Waals surface area contributed by atoms with Gasteiger partial charge in [0.05, 0.1) is 6.04 Å². The van der Waals surface area contributed by atoms with Gasteiger partial charge < -0.3 is 14.8 Å². The number of fused-ring (bicyclic) bond motifs is 1. The summed E-state index contributed by atoms with van der Waals surface area (Å²) in [6.45, 7) is 10.7. The molecule has 6 heteroatoms. The Morgan fingerprint density at radius 2 is 1.86 bits per heavy atom. The van der Waals surface area contributed by atoms with Gasteiger partial charge in [-0.1, -0.05) is 57.0 Å². The second-order valence-corrected chi connectivity index (χ2v) is 8.13. The zero-order chi connectivity index (χ0) is 20.6. The number of hydrogen-bond acceptors (Lipinski definition) is 4. The fourth-order valence-electron chi connectivity index (χ4n) is 4.08. The minimum absolute atomic E-state index is 0.0580. The number of carbonyl (C=O) groups excluding carboxylic acids is 1. The summed E-state index contributed by atoms with van der Waals surface area (Å²) in [7, 11) is 0. The van der Waals surface area contributed by atoms with Gasteiger partial charge in [0, 0.05) is 39.0 Å². The molecule has 29 heavy (non-hydrogen) atoms. The van der Waals surface area contributed by atoms with Crippen LogP contribution in [0.2, 0.25) is 0 Å². The number of amides is 1. The van der Waals surface area contributed by atoms with Gasteiger partial charge in [-0.05, 0) is 24.8 Å². The van der Waals surface area contributed by atoms with Crippen molar-refractivity contribution in [3.8, 4) is 0 Å². The molecule has 158 valence electrons. The molecule has 1 aliphatic heterocycles. The van der Waals surface area contributed by atoms with Crippen LogP contribution in [-0.4, -0.2) is 45.2 Å². The van der Waals surface area contributed by atoms with Crippen molar-refractivity contribution in [2.24, 2.45) is 5.92 Å². The monoisotopic (exact) mass is 397 g/mol.